The Hall–Kier alpha value is -1.73. The number of nitrogens with zero attached hydrogens (tertiary/aromatic N) is 3. The first-order valence-electron chi connectivity index (χ1n) is 9.05. The summed E-state index contributed by atoms with van der Waals surface area (Å²) in [5.41, 5.74) is 9.98. The van der Waals surface area contributed by atoms with Gasteiger partial charge in [0.15, 0.2) is 0 Å². The van der Waals surface area contributed by atoms with E-state index in [1.165, 1.54) is 0 Å². The van der Waals surface area contributed by atoms with Crippen LogP contribution in [0, 0.1) is 6.92 Å². The normalized spacial score (nSPS) is 22.0. The van der Waals surface area contributed by atoms with Crippen molar-refractivity contribution in [2.75, 3.05) is 6.54 Å². The smallest absolute Gasteiger partial charge is 0.256 e. The molecule has 2 atom stereocenters. The number of fused-ring (bicyclic) bond motifs is 1. The van der Waals surface area contributed by atoms with Crippen LogP contribution in [0.25, 0.3) is 0 Å². The van der Waals surface area contributed by atoms with Gasteiger partial charge in [0.25, 0.3) is 5.91 Å². The number of hydrazine groups is 1. The minimum Gasteiger partial charge on any atom is -0.330 e. The molecule has 1 fully saturated rings. The molecule has 0 aliphatic carbocycles. The second kappa shape index (κ2) is 7.36. The van der Waals surface area contributed by atoms with Gasteiger partial charge in [0.1, 0.15) is 5.82 Å². The van der Waals surface area contributed by atoms with Crippen LogP contribution < -0.4 is 10.9 Å². The Morgan fingerprint density at radius 3 is 2.85 bits per heavy atom. The molecule has 1 aromatic carbocycles. The Morgan fingerprint density at radius 2 is 2.11 bits per heavy atom. The molecule has 2 aliphatic heterocycles. The molecule has 6 nitrogen and oxygen atoms in total. The van der Waals surface area contributed by atoms with E-state index in [0.29, 0.717) is 28.6 Å². The third-order valence-electron chi connectivity index (χ3n) is 5.20. The number of carbonyl (C=O) groups excluding carboxylic acids is 1. The molecular weight excluding hydrogens is 385 g/mol. The predicted octanol–water partition coefficient (Wildman–Crippen LogP) is 3.22. The van der Waals surface area contributed by atoms with E-state index in [0.717, 1.165) is 35.7 Å². The predicted molar refractivity (Wildman–Crippen MR) is 105 cm³/mol. The standard InChI is InChI=1S/C19H21Cl2N5O/c1-10-8-13-16(23-11(2)24-18(13)15-6-7-22-25-15)9-26(10)19(27)12-4-3-5-14(20)17(12)21/h3-5,10,15,22,25H,6-9H2,1-2H3/t10-,15?/m1/s1. The van der Waals surface area contributed by atoms with Crippen molar-refractivity contribution >= 4 is 29.1 Å². The number of amides is 1. The van der Waals surface area contributed by atoms with Crippen LogP contribution in [0.4, 0.5) is 0 Å². The number of halogens is 2. The number of hydrogen-bond acceptors (Lipinski definition) is 5. The van der Waals surface area contributed by atoms with E-state index in [9.17, 15) is 4.79 Å². The molecule has 0 saturated carbocycles. The van der Waals surface area contributed by atoms with Crippen LogP contribution >= 0.6 is 23.2 Å². The summed E-state index contributed by atoms with van der Waals surface area (Å²) in [4.78, 5) is 24.3. The van der Waals surface area contributed by atoms with E-state index in [4.69, 9.17) is 28.2 Å². The first-order chi connectivity index (χ1) is 13.0. The summed E-state index contributed by atoms with van der Waals surface area (Å²) >= 11 is 12.4. The second-order valence-electron chi connectivity index (χ2n) is 7.08. The Morgan fingerprint density at radius 1 is 1.30 bits per heavy atom. The van der Waals surface area contributed by atoms with Crippen molar-refractivity contribution in [1.29, 1.82) is 0 Å². The zero-order valence-corrected chi connectivity index (χ0v) is 16.7. The third kappa shape index (κ3) is 3.43. The Kier molecular flexibility index (Phi) is 5.07. The summed E-state index contributed by atoms with van der Waals surface area (Å²) in [7, 11) is 0. The fourth-order valence-corrected chi connectivity index (χ4v) is 4.21. The van der Waals surface area contributed by atoms with Gasteiger partial charge in [0, 0.05) is 18.2 Å². The summed E-state index contributed by atoms with van der Waals surface area (Å²) in [6.07, 6.45) is 1.70. The van der Waals surface area contributed by atoms with Crippen molar-refractivity contribution in [3.05, 3.63) is 56.6 Å². The Labute approximate surface area is 168 Å². The number of hydrogen-bond donors (Lipinski definition) is 2. The Bertz CT molecular complexity index is 898. The highest BCUT2D eigenvalue weighted by atomic mass is 35.5. The van der Waals surface area contributed by atoms with Gasteiger partial charge in [0.05, 0.1) is 39.6 Å². The van der Waals surface area contributed by atoms with Crippen molar-refractivity contribution in [3.63, 3.8) is 0 Å². The van der Waals surface area contributed by atoms with Crippen LogP contribution in [0.2, 0.25) is 10.0 Å². The zero-order valence-electron chi connectivity index (χ0n) is 15.2. The SMILES string of the molecule is Cc1nc2c(c(C3CCNN3)n1)C[C@@H](C)N(C(=O)c1cccc(Cl)c1Cl)C2. The monoisotopic (exact) mass is 405 g/mol. The first kappa shape index (κ1) is 18.6. The molecule has 1 amide bonds. The van der Waals surface area contributed by atoms with Crippen molar-refractivity contribution in [2.45, 2.75) is 45.3 Å². The highest BCUT2D eigenvalue weighted by Gasteiger charge is 2.33. The van der Waals surface area contributed by atoms with E-state index in [1.54, 1.807) is 18.2 Å². The molecule has 2 N–H and O–H groups in total. The van der Waals surface area contributed by atoms with Crippen LogP contribution in [0.5, 0.6) is 0 Å². The molecule has 8 heteroatoms. The highest BCUT2D eigenvalue weighted by molar-refractivity contribution is 6.43. The average molecular weight is 406 g/mol. The topological polar surface area (TPSA) is 70.2 Å². The van der Waals surface area contributed by atoms with Gasteiger partial charge in [-0.2, -0.15) is 0 Å². The van der Waals surface area contributed by atoms with Crippen LogP contribution in [0.3, 0.4) is 0 Å². The van der Waals surface area contributed by atoms with Gasteiger partial charge in [0.2, 0.25) is 0 Å². The average Bonchev–Trinajstić information content (AvgIpc) is 3.17. The molecule has 1 unspecified atom stereocenters. The van der Waals surface area contributed by atoms with Crippen molar-refractivity contribution in [3.8, 4) is 0 Å². The van der Waals surface area contributed by atoms with Crippen molar-refractivity contribution in [1.82, 2.24) is 25.7 Å². The molecule has 0 radical (unpaired) electrons. The van der Waals surface area contributed by atoms with Gasteiger partial charge < -0.3 is 4.90 Å². The lowest BCUT2D eigenvalue weighted by atomic mass is 9.93. The quantitative estimate of drug-likeness (QED) is 0.802. The minimum absolute atomic E-state index is 0.0134. The maximum absolute atomic E-state index is 13.1. The summed E-state index contributed by atoms with van der Waals surface area (Å²) in [5.74, 6) is 0.597. The molecule has 2 aromatic rings. The van der Waals surface area contributed by atoms with E-state index in [-0.39, 0.29) is 18.0 Å². The third-order valence-corrected chi connectivity index (χ3v) is 6.01. The van der Waals surface area contributed by atoms with Crippen LogP contribution in [0.1, 0.15) is 52.5 Å². The second-order valence-corrected chi connectivity index (χ2v) is 7.87. The number of rotatable bonds is 2. The minimum atomic E-state index is -0.126. The van der Waals surface area contributed by atoms with Gasteiger partial charge in [-0.1, -0.05) is 29.3 Å². The van der Waals surface area contributed by atoms with Crippen LogP contribution in [0.15, 0.2) is 18.2 Å². The van der Waals surface area contributed by atoms with Gasteiger partial charge in [-0.15, -0.1) is 0 Å². The molecule has 3 heterocycles. The molecule has 0 bridgehead atoms. The van der Waals surface area contributed by atoms with Gasteiger partial charge >= 0.3 is 0 Å². The molecule has 0 spiro atoms. The maximum Gasteiger partial charge on any atom is 0.256 e. The molecule has 142 valence electrons. The van der Waals surface area contributed by atoms with Gasteiger partial charge in [-0.25, -0.2) is 15.4 Å². The molecule has 2 aliphatic rings. The van der Waals surface area contributed by atoms with E-state index in [1.807, 2.05) is 18.7 Å². The largest absolute Gasteiger partial charge is 0.330 e. The fourth-order valence-electron chi connectivity index (χ4n) is 3.83. The lowest BCUT2D eigenvalue weighted by Gasteiger charge is -2.36. The van der Waals surface area contributed by atoms with Crippen LogP contribution in [-0.2, 0) is 13.0 Å². The van der Waals surface area contributed by atoms with Crippen molar-refractivity contribution < 1.29 is 4.79 Å². The van der Waals surface area contributed by atoms with E-state index < -0.39 is 0 Å². The molecule has 1 aromatic heterocycles. The van der Waals surface area contributed by atoms with Gasteiger partial charge in [-0.3, -0.25) is 10.2 Å². The number of carbonyl (C=O) groups is 1. The number of nitrogens with one attached hydrogen (secondary N) is 2. The maximum atomic E-state index is 13.1. The van der Waals surface area contributed by atoms with E-state index >= 15 is 0 Å². The van der Waals surface area contributed by atoms with E-state index in [2.05, 4.69) is 15.8 Å². The zero-order chi connectivity index (χ0) is 19.1. The summed E-state index contributed by atoms with van der Waals surface area (Å²) in [6, 6.07) is 5.33. The summed E-state index contributed by atoms with van der Waals surface area (Å²) < 4.78 is 0. The first-order valence-corrected chi connectivity index (χ1v) is 9.81. The Balaban J connectivity index is 1.69. The lowest BCUT2D eigenvalue weighted by Crippen LogP contribution is -2.44. The summed E-state index contributed by atoms with van der Waals surface area (Å²) in [6.45, 7) is 5.29. The fraction of sp³-hybridized carbons (Fsp3) is 0.421. The number of aromatic nitrogens is 2. The van der Waals surface area contributed by atoms with Crippen LogP contribution in [-0.4, -0.2) is 33.4 Å². The molecule has 4 rings (SSSR count). The van der Waals surface area contributed by atoms with Crippen molar-refractivity contribution in [2.24, 2.45) is 0 Å². The molecular formula is C19H21Cl2N5O. The lowest BCUT2D eigenvalue weighted by molar-refractivity contribution is 0.0653. The number of aryl methyl sites for hydroxylation is 1. The molecule has 1 saturated heterocycles. The highest BCUT2D eigenvalue weighted by Crippen LogP contribution is 2.32. The summed E-state index contributed by atoms with van der Waals surface area (Å²) in [5, 5.41) is 0.677. The van der Waals surface area contributed by atoms with Gasteiger partial charge in [-0.05, 0) is 38.8 Å². The number of benzene rings is 1. The molecule has 27 heavy (non-hydrogen) atoms.